The number of aromatic nitrogens is 4. The van der Waals surface area contributed by atoms with Crippen LogP contribution in [0, 0.1) is 6.92 Å². The van der Waals surface area contributed by atoms with Crippen LogP contribution in [0.1, 0.15) is 23.4 Å². The van der Waals surface area contributed by atoms with Gasteiger partial charge in [-0.05, 0) is 26.0 Å². The summed E-state index contributed by atoms with van der Waals surface area (Å²) in [5.41, 5.74) is 2.08. The van der Waals surface area contributed by atoms with Crippen molar-refractivity contribution in [2.24, 2.45) is 4.99 Å². The van der Waals surface area contributed by atoms with Crippen molar-refractivity contribution in [3.8, 4) is 5.69 Å². The molecular weight excluding hydrogens is 346 g/mol. The number of nitrogens with one attached hydrogen (secondary N) is 1. The maximum atomic E-state index is 4.73. The molecule has 0 bridgehead atoms. The molecule has 3 rings (SSSR count). The Balaban J connectivity index is 1.75. The second kappa shape index (κ2) is 8.57. The third-order valence-electron chi connectivity index (χ3n) is 3.79. The topological polar surface area (TPSA) is 71.2 Å². The van der Waals surface area contributed by atoms with E-state index in [0.717, 1.165) is 34.7 Å². The molecule has 2 aromatic heterocycles. The van der Waals surface area contributed by atoms with Crippen LogP contribution in [0.15, 0.2) is 47.0 Å². The van der Waals surface area contributed by atoms with Crippen LogP contribution < -0.4 is 5.32 Å². The highest BCUT2D eigenvalue weighted by molar-refractivity contribution is 7.09. The lowest BCUT2D eigenvalue weighted by Crippen LogP contribution is -2.38. The molecule has 0 atom stereocenters. The van der Waals surface area contributed by atoms with Gasteiger partial charge >= 0.3 is 0 Å². The molecule has 0 unspecified atom stereocenters. The first-order valence-corrected chi connectivity index (χ1v) is 9.40. The Bertz CT molecular complexity index is 853. The fourth-order valence-electron chi connectivity index (χ4n) is 2.59. The van der Waals surface area contributed by atoms with Gasteiger partial charge in [-0.15, -0.1) is 21.5 Å². The molecule has 0 fully saturated rings. The first-order valence-electron chi connectivity index (χ1n) is 8.52. The second-order valence-electron chi connectivity index (χ2n) is 5.84. The minimum absolute atomic E-state index is 0.442. The molecule has 1 aromatic carbocycles. The van der Waals surface area contributed by atoms with E-state index in [1.54, 1.807) is 17.7 Å². The summed E-state index contributed by atoms with van der Waals surface area (Å²) in [5.74, 6) is 1.62. The molecule has 0 amide bonds. The Morgan fingerprint density at radius 3 is 2.81 bits per heavy atom. The zero-order valence-electron chi connectivity index (χ0n) is 15.3. The number of thiazole rings is 1. The fraction of sp³-hybridized carbons (Fsp3) is 0.333. The fourth-order valence-corrected chi connectivity index (χ4v) is 3.19. The van der Waals surface area contributed by atoms with E-state index in [4.69, 9.17) is 4.99 Å². The smallest absolute Gasteiger partial charge is 0.194 e. The third kappa shape index (κ3) is 4.45. The van der Waals surface area contributed by atoms with Crippen molar-refractivity contribution in [3.63, 3.8) is 0 Å². The Hall–Kier alpha value is -2.74. The Labute approximate surface area is 157 Å². The van der Waals surface area contributed by atoms with Gasteiger partial charge in [-0.25, -0.2) is 9.98 Å². The molecule has 1 N–H and O–H groups in total. The van der Waals surface area contributed by atoms with E-state index in [2.05, 4.69) is 37.7 Å². The van der Waals surface area contributed by atoms with Crippen molar-refractivity contribution < 1.29 is 0 Å². The maximum absolute atomic E-state index is 4.73. The van der Waals surface area contributed by atoms with Crippen LogP contribution in [0.4, 0.5) is 0 Å². The van der Waals surface area contributed by atoms with Crippen LogP contribution in [-0.4, -0.2) is 44.2 Å². The molecule has 0 saturated heterocycles. The zero-order chi connectivity index (χ0) is 18.4. The number of guanidine groups is 1. The molecule has 0 aliphatic heterocycles. The summed E-state index contributed by atoms with van der Waals surface area (Å²) in [6.45, 7) is 6.02. The van der Waals surface area contributed by atoms with Crippen molar-refractivity contribution in [2.45, 2.75) is 26.9 Å². The summed E-state index contributed by atoms with van der Waals surface area (Å²) in [7, 11) is 2.01. The SMILES string of the molecule is CCNC(=NCc1nncn1-c1ccccc1)N(C)Cc1csc(C)n1. The van der Waals surface area contributed by atoms with Crippen LogP contribution in [0.5, 0.6) is 0 Å². The molecule has 7 nitrogen and oxygen atoms in total. The lowest BCUT2D eigenvalue weighted by Gasteiger charge is -2.21. The lowest BCUT2D eigenvalue weighted by atomic mass is 10.3. The minimum atomic E-state index is 0.442. The standard InChI is InChI=1S/C18H23N7S/c1-4-19-18(24(3)11-15-12-26-14(2)22-15)20-10-17-23-21-13-25(17)16-8-6-5-7-9-16/h5-9,12-13H,4,10-11H2,1-3H3,(H,19,20). The van der Waals surface area contributed by atoms with E-state index >= 15 is 0 Å². The Morgan fingerprint density at radius 2 is 2.12 bits per heavy atom. The van der Waals surface area contributed by atoms with Gasteiger partial charge in [0.05, 0.1) is 17.2 Å². The van der Waals surface area contributed by atoms with Crippen LogP contribution in [0.2, 0.25) is 0 Å². The Kier molecular flexibility index (Phi) is 5.96. The summed E-state index contributed by atoms with van der Waals surface area (Å²) in [6, 6.07) is 10.0. The van der Waals surface area contributed by atoms with Gasteiger partial charge in [-0.2, -0.15) is 0 Å². The van der Waals surface area contributed by atoms with Gasteiger partial charge in [0.25, 0.3) is 0 Å². The van der Waals surface area contributed by atoms with Gasteiger partial charge in [0.15, 0.2) is 11.8 Å². The van der Waals surface area contributed by atoms with E-state index in [1.807, 2.05) is 48.9 Å². The normalized spacial score (nSPS) is 11.6. The Morgan fingerprint density at radius 1 is 1.31 bits per heavy atom. The number of aliphatic imine (C=N–C) groups is 1. The predicted octanol–water partition coefficient (Wildman–Crippen LogP) is 2.63. The van der Waals surface area contributed by atoms with Gasteiger partial charge < -0.3 is 10.2 Å². The molecule has 0 aliphatic rings. The van der Waals surface area contributed by atoms with Gasteiger partial charge in [0.2, 0.25) is 0 Å². The zero-order valence-corrected chi connectivity index (χ0v) is 16.1. The summed E-state index contributed by atoms with van der Waals surface area (Å²) in [4.78, 5) is 11.3. The summed E-state index contributed by atoms with van der Waals surface area (Å²) >= 11 is 1.66. The van der Waals surface area contributed by atoms with Crippen molar-refractivity contribution in [1.29, 1.82) is 0 Å². The molecule has 2 heterocycles. The predicted molar refractivity (Wildman–Crippen MR) is 104 cm³/mol. The van der Waals surface area contributed by atoms with Crippen molar-refractivity contribution in [3.05, 3.63) is 58.6 Å². The first-order chi connectivity index (χ1) is 12.7. The largest absolute Gasteiger partial charge is 0.357 e. The van der Waals surface area contributed by atoms with Gasteiger partial charge in [-0.1, -0.05) is 18.2 Å². The number of hydrogen-bond donors (Lipinski definition) is 1. The average Bonchev–Trinajstić information content (AvgIpc) is 3.28. The lowest BCUT2D eigenvalue weighted by molar-refractivity contribution is 0.470. The molecule has 0 aliphatic carbocycles. The highest BCUT2D eigenvalue weighted by Crippen LogP contribution is 2.11. The molecule has 0 radical (unpaired) electrons. The number of benzene rings is 1. The van der Waals surface area contributed by atoms with Gasteiger partial charge in [-0.3, -0.25) is 4.57 Å². The van der Waals surface area contributed by atoms with Crippen molar-refractivity contribution >= 4 is 17.3 Å². The van der Waals surface area contributed by atoms with Crippen molar-refractivity contribution in [2.75, 3.05) is 13.6 Å². The van der Waals surface area contributed by atoms with E-state index in [9.17, 15) is 0 Å². The molecular formula is C18H23N7S. The number of rotatable bonds is 6. The molecule has 26 heavy (non-hydrogen) atoms. The summed E-state index contributed by atoms with van der Waals surface area (Å²) in [5, 5.41) is 14.7. The van der Waals surface area contributed by atoms with Crippen LogP contribution in [0.3, 0.4) is 0 Å². The van der Waals surface area contributed by atoms with Crippen LogP contribution >= 0.6 is 11.3 Å². The highest BCUT2D eigenvalue weighted by Gasteiger charge is 2.10. The van der Waals surface area contributed by atoms with Gasteiger partial charge in [0.1, 0.15) is 12.9 Å². The highest BCUT2D eigenvalue weighted by atomic mass is 32.1. The molecule has 3 aromatic rings. The number of aryl methyl sites for hydroxylation is 1. The maximum Gasteiger partial charge on any atom is 0.194 e. The summed E-state index contributed by atoms with van der Waals surface area (Å²) in [6.07, 6.45) is 1.72. The van der Waals surface area contributed by atoms with Gasteiger partial charge in [0, 0.05) is 24.7 Å². The first kappa shape index (κ1) is 18.1. The van der Waals surface area contributed by atoms with Crippen molar-refractivity contribution in [1.82, 2.24) is 30.0 Å². The molecule has 0 saturated carbocycles. The molecule has 8 heteroatoms. The monoisotopic (exact) mass is 369 g/mol. The number of nitrogens with zero attached hydrogens (tertiary/aromatic N) is 6. The molecule has 0 spiro atoms. The quantitative estimate of drug-likeness (QED) is 0.534. The van der Waals surface area contributed by atoms with E-state index in [1.165, 1.54) is 0 Å². The molecule has 136 valence electrons. The van der Waals surface area contributed by atoms with E-state index in [0.29, 0.717) is 13.1 Å². The minimum Gasteiger partial charge on any atom is -0.357 e. The van der Waals surface area contributed by atoms with Crippen LogP contribution in [-0.2, 0) is 13.1 Å². The summed E-state index contributed by atoms with van der Waals surface area (Å²) < 4.78 is 1.96. The van der Waals surface area contributed by atoms with E-state index in [-0.39, 0.29) is 0 Å². The average molecular weight is 369 g/mol. The number of para-hydroxylation sites is 1. The second-order valence-corrected chi connectivity index (χ2v) is 6.90. The van der Waals surface area contributed by atoms with E-state index < -0.39 is 0 Å². The third-order valence-corrected chi connectivity index (χ3v) is 4.61. The number of hydrogen-bond acceptors (Lipinski definition) is 5. The van der Waals surface area contributed by atoms with Crippen LogP contribution in [0.25, 0.3) is 5.69 Å².